The summed E-state index contributed by atoms with van der Waals surface area (Å²) in [6.07, 6.45) is 4.41. The van der Waals surface area contributed by atoms with Crippen LogP contribution >= 0.6 is 0 Å². The molecule has 0 heterocycles. The maximum atomic E-state index is 13.6. The third kappa shape index (κ3) is 2.21. The highest BCUT2D eigenvalue weighted by Crippen LogP contribution is 2.32. The molecule has 0 spiro atoms. The van der Waals surface area contributed by atoms with Gasteiger partial charge in [0.15, 0.2) is 11.6 Å². The summed E-state index contributed by atoms with van der Waals surface area (Å²) in [5.41, 5.74) is 5.88. The fraction of sp³-hybridized carbons (Fsp3) is 0.500. The van der Waals surface area contributed by atoms with E-state index in [1.54, 1.807) is 0 Å². The molecule has 2 N–H and O–H groups in total. The number of hydrogen-bond acceptors (Lipinski definition) is 3. The smallest absolute Gasteiger partial charge is 0.167 e. The van der Waals surface area contributed by atoms with Gasteiger partial charge in [0.05, 0.1) is 18.9 Å². The van der Waals surface area contributed by atoms with Crippen molar-refractivity contribution in [2.45, 2.75) is 31.8 Å². The number of nitrogen functional groups attached to an aromatic ring is 1. The second-order valence-corrected chi connectivity index (χ2v) is 4.05. The Bertz CT molecular complexity index is 376. The van der Waals surface area contributed by atoms with Gasteiger partial charge in [0.1, 0.15) is 5.75 Å². The molecule has 1 aliphatic rings. The highest BCUT2D eigenvalue weighted by Gasteiger charge is 2.19. The van der Waals surface area contributed by atoms with Crippen molar-refractivity contribution >= 4 is 5.69 Å². The highest BCUT2D eigenvalue weighted by atomic mass is 19.1. The lowest BCUT2D eigenvalue weighted by Crippen LogP contribution is -2.12. The van der Waals surface area contributed by atoms with E-state index in [1.807, 2.05) is 0 Å². The monoisotopic (exact) mass is 225 g/mol. The lowest BCUT2D eigenvalue weighted by atomic mass is 10.2. The van der Waals surface area contributed by atoms with Crippen LogP contribution in [0.4, 0.5) is 10.1 Å². The van der Waals surface area contributed by atoms with Crippen molar-refractivity contribution in [1.29, 1.82) is 0 Å². The van der Waals surface area contributed by atoms with Crippen LogP contribution in [0.15, 0.2) is 12.1 Å². The third-order valence-electron chi connectivity index (χ3n) is 2.88. The molecule has 0 radical (unpaired) electrons. The minimum atomic E-state index is -0.426. The molecule has 0 saturated heterocycles. The fourth-order valence-corrected chi connectivity index (χ4v) is 2.00. The quantitative estimate of drug-likeness (QED) is 0.804. The van der Waals surface area contributed by atoms with E-state index in [0.29, 0.717) is 11.4 Å². The highest BCUT2D eigenvalue weighted by molar-refractivity contribution is 5.56. The summed E-state index contributed by atoms with van der Waals surface area (Å²) in [5, 5.41) is 0. The largest absolute Gasteiger partial charge is 0.494 e. The Morgan fingerprint density at radius 3 is 2.56 bits per heavy atom. The Labute approximate surface area is 94.3 Å². The first-order valence-corrected chi connectivity index (χ1v) is 5.50. The van der Waals surface area contributed by atoms with E-state index in [4.69, 9.17) is 15.2 Å². The molecule has 2 rings (SSSR count). The molecular weight excluding hydrogens is 209 g/mol. The normalized spacial score (nSPS) is 16.4. The zero-order chi connectivity index (χ0) is 11.5. The molecule has 16 heavy (non-hydrogen) atoms. The molecule has 0 aliphatic heterocycles. The number of rotatable bonds is 3. The summed E-state index contributed by atoms with van der Waals surface area (Å²) < 4.78 is 24.2. The predicted molar refractivity (Wildman–Crippen MR) is 60.2 cm³/mol. The molecule has 0 atom stereocenters. The maximum absolute atomic E-state index is 13.6. The van der Waals surface area contributed by atoms with Crippen molar-refractivity contribution in [2.24, 2.45) is 0 Å². The van der Waals surface area contributed by atoms with Gasteiger partial charge in [-0.25, -0.2) is 4.39 Å². The molecule has 0 bridgehead atoms. The molecule has 1 aliphatic carbocycles. The number of nitrogens with two attached hydrogens (primary N) is 1. The molecule has 1 fully saturated rings. The van der Waals surface area contributed by atoms with Crippen LogP contribution in [-0.2, 0) is 0 Å². The first kappa shape index (κ1) is 11.0. The number of anilines is 1. The van der Waals surface area contributed by atoms with Crippen molar-refractivity contribution in [3.8, 4) is 11.5 Å². The molecule has 0 aromatic heterocycles. The topological polar surface area (TPSA) is 44.5 Å². The van der Waals surface area contributed by atoms with Crippen molar-refractivity contribution in [2.75, 3.05) is 12.8 Å². The third-order valence-corrected chi connectivity index (χ3v) is 2.88. The van der Waals surface area contributed by atoms with E-state index in [9.17, 15) is 4.39 Å². The zero-order valence-electron chi connectivity index (χ0n) is 9.33. The molecule has 0 unspecified atom stereocenters. The SMILES string of the molecule is COc1cc(OC2CCCC2)c(F)cc1N. The van der Waals surface area contributed by atoms with Gasteiger partial charge in [0, 0.05) is 12.1 Å². The zero-order valence-corrected chi connectivity index (χ0v) is 9.33. The summed E-state index contributed by atoms with van der Waals surface area (Å²) in [6, 6.07) is 2.76. The number of hydrogen-bond donors (Lipinski definition) is 1. The standard InChI is InChI=1S/C12H16FNO2/c1-15-12-7-11(9(13)6-10(12)14)16-8-4-2-3-5-8/h6-8H,2-5,14H2,1H3. The van der Waals surface area contributed by atoms with Gasteiger partial charge in [-0.05, 0) is 25.7 Å². The molecule has 88 valence electrons. The molecule has 1 saturated carbocycles. The van der Waals surface area contributed by atoms with Crippen molar-refractivity contribution in [3.05, 3.63) is 17.9 Å². The summed E-state index contributed by atoms with van der Waals surface area (Å²) in [4.78, 5) is 0. The van der Waals surface area contributed by atoms with Crippen LogP contribution < -0.4 is 15.2 Å². The molecule has 1 aromatic rings. The van der Waals surface area contributed by atoms with Gasteiger partial charge >= 0.3 is 0 Å². The van der Waals surface area contributed by atoms with Crippen LogP contribution in [0.25, 0.3) is 0 Å². The number of ether oxygens (including phenoxy) is 2. The summed E-state index contributed by atoms with van der Waals surface area (Å²) in [7, 11) is 1.50. The first-order valence-electron chi connectivity index (χ1n) is 5.50. The van der Waals surface area contributed by atoms with Gasteiger partial charge in [-0.15, -0.1) is 0 Å². The van der Waals surface area contributed by atoms with Crippen LogP contribution in [0.3, 0.4) is 0 Å². The summed E-state index contributed by atoms with van der Waals surface area (Å²) >= 11 is 0. The van der Waals surface area contributed by atoms with E-state index >= 15 is 0 Å². The Morgan fingerprint density at radius 2 is 1.94 bits per heavy atom. The van der Waals surface area contributed by atoms with E-state index in [-0.39, 0.29) is 11.9 Å². The van der Waals surface area contributed by atoms with Crippen molar-refractivity contribution in [3.63, 3.8) is 0 Å². The van der Waals surface area contributed by atoms with Gasteiger partial charge in [0.25, 0.3) is 0 Å². The summed E-state index contributed by atoms with van der Waals surface area (Å²) in [6.45, 7) is 0. The van der Waals surface area contributed by atoms with E-state index in [1.165, 1.54) is 19.2 Å². The van der Waals surface area contributed by atoms with Gasteiger partial charge < -0.3 is 15.2 Å². The molecule has 0 amide bonds. The van der Waals surface area contributed by atoms with E-state index in [0.717, 1.165) is 25.7 Å². The Balaban J connectivity index is 2.18. The van der Waals surface area contributed by atoms with Crippen LogP contribution in [0.2, 0.25) is 0 Å². The minimum Gasteiger partial charge on any atom is -0.494 e. The first-order chi connectivity index (χ1) is 7.70. The molecule has 1 aromatic carbocycles. The molecule has 3 nitrogen and oxygen atoms in total. The second kappa shape index (κ2) is 4.60. The van der Waals surface area contributed by atoms with Crippen molar-refractivity contribution < 1.29 is 13.9 Å². The van der Waals surface area contributed by atoms with Crippen LogP contribution in [0.5, 0.6) is 11.5 Å². The summed E-state index contributed by atoms with van der Waals surface area (Å²) in [5.74, 6) is 0.262. The Kier molecular flexibility index (Phi) is 3.17. The predicted octanol–water partition coefficient (Wildman–Crippen LogP) is 2.74. The van der Waals surface area contributed by atoms with E-state index < -0.39 is 5.82 Å². The average Bonchev–Trinajstić information content (AvgIpc) is 2.75. The lowest BCUT2D eigenvalue weighted by molar-refractivity contribution is 0.200. The van der Waals surface area contributed by atoms with Gasteiger partial charge in [-0.1, -0.05) is 0 Å². The number of methoxy groups -OCH3 is 1. The second-order valence-electron chi connectivity index (χ2n) is 4.05. The maximum Gasteiger partial charge on any atom is 0.167 e. The van der Waals surface area contributed by atoms with Gasteiger partial charge in [-0.3, -0.25) is 0 Å². The van der Waals surface area contributed by atoms with Crippen LogP contribution in [0, 0.1) is 5.82 Å². The van der Waals surface area contributed by atoms with Crippen LogP contribution in [0.1, 0.15) is 25.7 Å². The lowest BCUT2D eigenvalue weighted by Gasteiger charge is -2.15. The molecular formula is C12H16FNO2. The molecule has 4 heteroatoms. The van der Waals surface area contributed by atoms with Gasteiger partial charge in [-0.2, -0.15) is 0 Å². The Morgan fingerprint density at radius 1 is 1.25 bits per heavy atom. The van der Waals surface area contributed by atoms with Crippen molar-refractivity contribution in [1.82, 2.24) is 0 Å². The Hall–Kier alpha value is -1.45. The fourth-order valence-electron chi connectivity index (χ4n) is 2.00. The van der Waals surface area contributed by atoms with Gasteiger partial charge in [0.2, 0.25) is 0 Å². The average molecular weight is 225 g/mol. The number of halogens is 1. The van der Waals surface area contributed by atoms with E-state index in [2.05, 4.69) is 0 Å². The van der Waals surface area contributed by atoms with Crippen LogP contribution in [-0.4, -0.2) is 13.2 Å². The number of benzene rings is 1. The minimum absolute atomic E-state index is 0.128.